The van der Waals surface area contributed by atoms with Crippen LogP contribution in [0.15, 0.2) is 24.3 Å². The number of para-hydroxylation sites is 1. The van der Waals surface area contributed by atoms with Crippen molar-refractivity contribution in [2.45, 2.75) is 25.8 Å². The Morgan fingerprint density at radius 2 is 2.14 bits per heavy atom. The van der Waals surface area contributed by atoms with Crippen LogP contribution in [0.1, 0.15) is 41.9 Å². The van der Waals surface area contributed by atoms with Crippen molar-refractivity contribution in [3.8, 4) is 0 Å². The summed E-state index contributed by atoms with van der Waals surface area (Å²) < 4.78 is 0. The van der Waals surface area contributed by atoms with Crippen molar-refractivity contribution >= 4 is 23.1 Å². The van der Waals surface area contributed by atoms with Crippen molar-refractivity contribution in [1.82, 2.24) is 9.88 Å². The van der Waals surface area contributed by atoms with E-state index in [4.69, 9.17) is 0 Å². The standard InChI is InChI=1S/C17H18N2O2/c1-10-11-6-7-19(9-20)17(10)15-12-4-2-3-5-13(12)18-16(15)14(21)8-11/h2-5,9-11,17-18H,6-8H2,1H3/t10-,11-,17-/m0/s1. The van der Waals surface area contributed by atoms with E-state index in [2.05, 4.69) is 11.9 Å². The number of Topliss-reactive ketones (excluding diaryl/α,β-unsaturated/α-hetero) is 1. The summed E-state index contributed by atoms with van der Waals surface area (Å²) in [7, 11) is 0. The van der Waals surface area contributed by atoms with Crippen LogP contribution in [0.5, 0.6) is 0 Å². The van der Waals surface area contributed by atoms with Crippen LogP contribution in [0.3, 0.4) is 0 Å². The molecule has 1 N–H and O–H groups in total. The molecule has 108 valence electrons. The first-order chi connectivity index (χ1) is 10.2. The molecule has 0 unspecified atom stereocenters. The lowest BCUT2D eigenvalue weighted by Crippen LogP contribution is -2.40. The molecule has 4 heteroatoms. The molecular weight excluding hydrogens is 264 g/mol. The molecule has 1 saturated heterocycles. The number of aromatic nitrogens is 1. The Morgan fingerprint density at radius 3 is 2.95 bits per heavy atom. The van der Waals surface area contributed by atoms with E-state index in [-0.39, 0.29) is 11.8 Å². The zero-order valence-electron chi connectivity index (χ0n) is 12.0. The third-order valence-electron chi connectivity index (χ3n) is 5.26. The van der Waals surface area contributed by atoms with Crippen LogP contribution in [0, 0.1) is 11.8 Å². The van der Waals surface area contributed by atoms with Gasteiger partial charge in [-0.2, -0.15) is 0 Å². The Morgan fingerprint density at radius 1 is 1.33 bits per heavy atom. The number of fused-ring (bicyclic) bond motifs is 6. The highest BCUT2D eigenvalue weighted by Gasteiger charge is 2.42. The van der Waals surface area contributed by atoms with Crippen LogP contribution >= 0.6 is 0 Å². The maximum Gasteiger partial charge on any atom is 0.210 e. The minimum Gasteiger partial charge on any atom is -0.352 e. The van der Waals surface area contributed by atoms with Gasteiger partial charge in [0.1, 0.15) is 0 Å². The first-order valence-corrected chi connectivity index (χ1v) is 7.55. The number of carbonyl (C=O) groups excluding carboxylic acids is 2. The zero-order valence-corrected chi connectivity index (χ0v) is 12.0. The Labute approximate surface area is 123 Å². The van der Waals surface area contributed by atoms with E-state index in [0.29, 0.717) is 24.0 Å². The van der Waals surface area contributed by atoms with Crippen LogP contribution in [0.25, 0.3) is 10.9 Å². The fraction of sp³-hybridized carbons (Fsp3) is 0.412. The van der Waals surface area contributed by atoms with E-state index < -0.39 is 0 Å². The van der Waals surface area contributed by atoms with Gasteiger partial charge in [0, 0.05) is 29.4 Å². The molecule has 21 heavy (non-hydrogen) atoms. The molecule has 2 bridgehead atoms. The topological polar surface area (TPSA) is 53.2 Å². The predicted molar refractivity (Wildman–Crippen MR) is 80.0 cm³/mol. The quantitative estimate of drug-likeness (QED) is 0.818. The molecule has 3 atom stereocenters. The summed E-state index contributed by atoms with van der Waals surface area (Å²) in [6.45, 7) is 2.92. The molecule has 2 heterocycles. The summed E-state index contributed by atoms with van der Waals surface area (Å²) >= 11 is 0. The molecule has 1 aliphatic heterocycles. The smallest absolute Gasteiger partial charge is 0.210 e. The largest absolute Gasteiger partial charge is 0.352 e. The highest BCUT2D eigenvalue weighted by molar-refractivity contribution is 6.03. The van der Waals surface area contributed by atoms with Gasteiger partial charge in [0.2, 0.25) is 6.41 Å². The van der Waals surface area contributed by atoms with Gasteiger partial charge >= 0.3 is 0 Å². The number of nitrogens with one attached hydrogen (secondary N) is 1. The summed E-state index contributed by atoms with van der Waals surface area (Å²) in [5.41, 5.74) is 2.72. The Hall–Kier alpha value is -2.10. The minimum absolute atomic E-state index is 0.0128. The van der Waals surface area contributed by atoms with E-state index in [9.17, 15) is 9.59 Å². The maximum absolute atomic E-state index is 12.6. The molecular formula is C17H18N2O2. The van der Waals surface area contributed by atoms with Crippen LogP contribution < -0.4 is 0 Å². The lowest BCUT2D eigenvalue weighted by molar-refractivity contribution is -0.124. The van der Waals surface area contributed by atoms with Gasteiger partial charge in [-0.3, -0.25) is 9.59 Å². The van der Waals surface area contributed by atoms with Crippen molar-refractivity contribution in [3.63, 3.8) is 0 Å². The Bertz CT molecular complexity index is 733. The van der Waals surface area contributed by atoms with Gasteiger partial charge in [0.25, 0.3) is 0 Å². The van der Waals surface area contributed by atoms with E-state index in [1.807, 2.05) is 29.2 Å². The number of aromatic amines is 1. The second-order valence-corrected chi connectivity index (χ2v) is 6.28. The molecule has 0 radical (unpaired) electrons. The number of piperidine rings is 1. The number of hydrogen-bond acceptors (Lipinski definition) is 2. The van der Waals surface area contributed by atoms with Crippen molar-refractivity contribution in [1.29, 1.82) is 0 Å². The molecule has 4 rings (SSSR count). The van der Waals surface area contributed by atoms with Crippen molar-refractivity contribution in [2.75, 3.05) is 6.54 Å². The van der Waals surface area contributed by atoms with Gasteiger partial charge < -0.3 is 9.88 Å². The Balaban J connectivity index is 2.01. The average Bonchev–Trinajstić information content (AvgIpc) is 2.86. The van der Waals surface area contributed by atoms with Crippen molar-refractivity contribution in [3.05, 3.63) is 35.5 Å². The van der Waals surface area contributed by atoms with Gasteiger partial charge in [-0.15, -0.1) is 0 Å². The first kappa shape index (κ1) is 12.6. The highest BCUT2D eigenvalue weighted by Crippen LogP contribution is 2.46. The average molecular weight is 282 g/mol. The lowest BCUT2D eigenvalue weighted by atomic mass is 9.78. The third-order valence-corrected chi connectivity index (χ3v) is 5.26. The normalized spacial score (nSPS) is 28.3. The molecule has 1 aromatic carbocycles. The number of hydrogen-bond donors (Lipinski definition) is 1. The molecule has 0 saturated carbocycles. The number of benzene rings is 1. The van der Waals surface area contributed by atoms with Gasteiger partial charge in [0.15, 0.2) is 5.78 Å². The predicted octanol–water partition coefficient (Wildman–Crippen LogP) is 2.91. The third kappa shape index (κ3) is 1.68. The fourth-order valence-corrected chi connectivity index (χ4v) is 4.14. The molecule has 4 nitrogen and oxygen atoms in total. The summed E-state index contributed by atoms with van der Waals surface area (Å²) in [6.07, 6.45) is 2.45. The van der Waals surface area contributed by atoms with E-state index in [1.54, 1.807) is 0 Å². The molecule has 0 spiro atoms. The SMILES string of the molecule is C[C@H]1[C@H]2CCN(C=O)[C@@H]1c1c([nH]c3ccccc13)C(=O)C2. The first-order valence-electron chi connectivity index (χ1n) is 7.55. The molecule has 1 fully saturated rings. The van der Waals surface area contributed by atoms with E-state index >= 15 is 0 Å². The minimum atomic E-state index is 0.0128. The number of likely N-dealkylation sites (tertiary alicyclic amines) is 1. The number of carbonyl (C=O) groups is 2. The Kier molecular flexibility index (Phi) is 2.67. The van der Waals surface area contributed by atoms with Crippen LogP contribution in [0.4, 0.5) is 0 Å². The van der Waals surface area contributed by atoms with Gasteiger partial charge in [0.05, 0.1) is 11.7 Å². The fourth-order valence-electron chi connectivity index (χ4n) is 4.14. The van der Waals surface area contributed by atoms with Gasteiger partial charge in [-0.05, 0) is 24.3 Å². The second-order valence-electron chi connectivity index (χ2n) is 6.28. The molecule has 2 aromatic rings. The molecule has 1 amide bonds. The highest BCUT2D eigenvalue weighted by atomic mass is 16.1. The number of rotatable bonds is 1. The summed E-state index contributed by atoms with van der Waals surface area (Å²) in [6, 6.07) is 8.00. The number of amides is 1. The van der Waals surface area contributed by atoms with Crippen LogP contribution in [-0.2, 0) is 4.79 Å². The zero-order chi connectivity index (χ0) is 14.6. The summed E-state index contributed by atoms with van der Waals surface area (Å²) in [5.74, 6) is 0.875. The van der Waals surface area contributed by atoms with Gasteiger partial charge in [-0.1, -0.05) is 25.1 Å². The number of H-pyrrole nitrogens is 1. The lowest BCUT2D eigenvalue weighted by Gasteiger charge is -2.41. The number of nitrogens with zero attached hydrogens (tertiary/aromatic N) is 1. The van der Waals surface area contributed by atoms with E-state index in [0.717, 1.165) is 35.8 Å². The monoisotopic (exact) mass is 282 g/mol. The van der Waals surface area contributed by atoms with E-state index in [1.165, 1.54) is 0 Å². The second kappa shape index (κ2) is 4.45. The molecule has 1 aliphatic carbocycles. The van der Waals surface area contributed by atoms with Crippen molar-refractivity contribution in [2.24, 2.45) is 11.8 Å². The summed E-state index contributed by atoms with van der Waals surface area (Å²) in [5, 5.41) is 1.08. The van der Waals surface area contributed by atoms with Crippen molar-refractivity contribution < 1.29 is 9.59 Å². The number of ketones is 1. The van der Waals surface area contributed by atoms with Crippen LogP contribution in [0.2, 0.25) is 0 Å². The molecule has 2 aliphatic rings. The summed E-state index contributed by atoms with van der Waals surface area (Å²) in [4.78, 5) is 29.3. The van der Waals surface area contributed by atoms with Crippen LogP contribution in [-0.4, -0.2) is 28.6 Å². The molecule has 1 aromatic heterocycles. The van der Waals surface area contributed by atoms with Gasteiger partial charge in [-0.25, -0.2) is 0 Å². The maximum atomic E-state index is 12.6.